The van der Waals surface area contributed by atoms with Crippen molar-refractivity contribution in [1.82, 2.24) is 4.98 Å². The van der Waals surface area contributed by atoms with Crippen molar-refractivity contribution in [3.8, 4) is 0 Å². The van der Waals surface area contributed by atoms with Gasteiger partial charge in [-0.3, -0.25) is 0 Å². The van der Waals surface area contributed by atoms with Crippen LogP contribution in [0.5, 0.6) is 0 Å². The normalized spacial score (nSPS) is 11.5. The molecule has 0 atom stereocenters. The van der Waals surface area contributed by atoms with Gasteiger partial charge in [0.25, 0.3) is 0 Å². The van der Waals surface area contributed by atoms with Gasteiger partial charge in [-0.25, -0.2) is 17.8 Å². The number of nitrogens with zero attached hydrogens (tertiary/aromatic N) is 2. The number of rotatable bonds is 4. The zero-order valence-corrected chi connectivity index (χ0v) is 11.3. The van der Waals surface area contributed by atoms with E-state index in [4.69, 9.17) is 0 Å². The van der Waals surface area contributed by atoms with Crippen LogP contribution in [-0.2, 0) is 9.84 Å². The molecule has 1 aromatic heterocycles. The maximum atomic E-state index is 13.4. The largest absolute Gasteiger partial charge is 0.356 e. The van der Waals surface area contributed by atoms with Crippen molar-refractivity contribution in [2.24, 2.45) is 0 Å². The second-order valence-electron chi connectivity index (χ2n) is 3.51. The zero-order valence-electron chi connectivity index (χ0n) is 8.94. The third kappa shape index (κ3) is 4.05. The van der Waals surface area contributed by atoms with Crippen molar-refractivity contribution in [3.63, 3.8) is 0 Å². The molecule has 90 valence electrons. The van der Waals surface area contributed by atoms with Gasteiger partial charge < -0.3 is 4.90 Å². The molecule has 0 saturated carbocycles. The molecule has 0 N–H and O–H groups in total. The average Bonchev–Trinajstić information content (AvgIpc) is 2.13. The number of hydrogen-bond acceptors (Lipinski definition) is 4. The van der Waals surface area contributed by atoms with Crippen LogP contribution in [-0.4, -0.2) is 39.0 Å². The first-order valence-electron chi connectivity index (χ1n) is 4.49. The van der Waals surface area contributed by atoms with E-state index < -0.39 is 15.7 Å². The van der Waals surface area contributed by atoms with Gasteiger partial charge in [-0.15, -0.1) is 0 Å². The molecular formula is C9H12BrFN2O2S. The molecule has 1 aromatic rings. The molecular weight excluding hydrogens is 299 g/mol. The molecule has 1 rings (SSSR count). The van der Waals surface area contributed by atoms with E-state index in [1.165, 1.54) is 17.2 Å². The van der Waals surface area contributed by atoms with E-state index in [-0.39, 0.29) is 18.1 Å². The molecule has 0 saturated heterocycles. The lowest BCUT2D eigenvalue weighted by Gasteiger charge is -2.17. The summed E-state index contributed by atoms with van der Waals surface area (Å²) < 4.78 is 35.9. The Hall–Kier alpha value is -0.690. The Balaban J connectivity index is 2.77. The van der Waals surface area contributed by atoms with E-state index in [9.17, 15) is 12.8 Å². The summed E-state index contributed by atoms with van der Waals surface area (Å²) in [6.07, 6.45) is 2.61. The van der Waals surface area contributed by atoms with Crippen molar-refractivity contribution in [2.75, 3.05) is 30.5 Å². The Kier molecular flexibility index (Phi) is 4.26. The van der Waals surface area contributed by atoms with Crippen LogP contribution >= 0.6 is 15.9 Å². The van der Waals surface area contributed by atoms with Crippen molar-refractivity contribution in [3.05, 3.63) is 22.6 Å². The molecule has 0 bridgehead atoms. The second kappa shape index (κ2) is 5.09. The van der Waals surface area contributed by atoms with Crippen molar-refractivity contribution in [2.45, 2.75) is 0 Å². The van der Waals surface area contributed by atoms with Crippen LogP contribution in [0.15, 0.2) is 16.7 Å². The Labute approximate surface area is 103 Å². The van der Waals surface area contributed by atoms with Gasteiger partial charge in [-0.2, -0.15) is 0 Å². The smallest absolute Gasteiger partial charge is 0.166 e. The van der Waals surface area contributed by atoms with E-state index in [2.05, 4.69) is 20.9 Å². The Morgan fingerprint density at radius 2 is 2.19 bits per heavy atom. The number of hydrogen-bond donors (Lipinski definition) is 0. The summed E-state index contributed by atoms with van der Waals surface area (Å²) in [5.41, 5.74) is 0. The average molecular weight is 311 g/mol. The van der Waals surface area contributed by atoms with E-state index in [1.54, 1.807) is 7.05 Å². The van der Waals surface area contributed by atoms with Crippen molar-refractivity contribution < 1.29 is 12.8 Å². The third-order valence-electron chi connectivity index (χ3n) is 1.95. The highest BCUT2D eigenvalue weighted by Gasteiger charge is 2.11. The highest BCUT2D eigenvalue weighted by Crippen LogP contribution is 2.18. The Morgan fingerprint density at radius 3 is 2.69 bits per heavy atom. The molecule has 0 radical (unpaired) electrons. The molecule has 0 aromatic carbocycles. The highest BCUT2D eigenvalue weighted by atomic mass is 79.9. The minimum Gasteiger partial charge on any atom is -0.356 e. The molecule has 0 fully saturated rings. The minimum atomic E-state index is -3.05. The molecule has 4 nitrogen and oxygen atoms in total. The molecule has 0 aliphatic rings. The maximum Gasteiger partial charge on any atom is 0.166 e. The molecule has 0 unspecified atom stereocenters. The molecule has 0 spiro atoms. The number of sulfone groups is 1. The van der Waals surface area contributed by atoms with Crippen molar-refractivity contribution >= 4 is 31.6 Å². The van der Waals surface area contributed by atoms with Crippen LogP contribution in [0.4, 0.5) is 10.2 Å². The first-order valence-corrected chi connectivity index (χ1v) is 7.35. The number of halogens is 2. The van der Waals surface area contributed by atoms with Gasteiger partial charge >= 0.3 is 0 Å². The minimum absolute atomic E-state index is 0.0271. The predicted molar refractivity (Wildman–Crippen MR) is 64.9 cm³/mol. The second-order valence-corrected chi connectivity index (χ2v) is 6.69. The van der Waals surface area contributed by atoms with Gasteiger partial charge in [0.15, 0.2) is 11.6 Å². The van der Waals surface area contributed by atoms with Gasteiger partial charge in [0.2, 0.25) is 0 Å². The van der Waals surface area contributed by atoms with Crippen LogP contribution in [0, 0.1) is 5.82 Å². The summed E-state index contributed by atoms with van der Waals surface area (Å²) in [5, 5.41) is 0. The first-order chi connectivity index (χ1) is 7.29. The summed E-state index contributed by atoms with van der Waals surface area (Å²) >= 11 is 3.10. The summed E-state index contributed by atoms with van der Waals surface area (Å²) in [6, 6.07) is 1.29. The summed E-state index contributed by atoms with van der Waals surface area (Å²) in [7, 11) is -1.45. The molecule has 0 aliphatic carbocycles. The monoisotopic (exact) mass is 310 g/mol. The maximum absolute atomic E-state index is 13.4. The van der Waals surface area contributed by atoms with Gasteiger partial charge in [-0.1, -0.05) is 0 Å². The summed E-state index contributed by atoms with van der Waals surface area (Å²) in [4.78, 5) is 5.36. The van der Waals surface area contributed by atoms with Crippen LogP contribution in [0.25, 0.3) is 0 Å². The van der Waals surface area contributed by atoms with E-state index >= 15 is 0 Å². The lowest BCUT2D eigenvalue weighted by Crippen LogP contribution is -2.26. The van der Waals surface area contributed by atoms with Crippen LogP contribution < -0.4 is 4.90 Å². The Bertz CT molecular complexity index is 478. The fourth-order valence-electron chi connectivity index (χ4n) is 1.10. The third-order valence-corrected chi connectivity index (χ3v) is 3.31. The standard InChI is InChI=1S/C9H12BrFN2O2S/c1-13(3-4-16(2,14)15)9-8(11)5-7(10)6-12-9/h5-6H,3-4H2,1-2H3. The molecule has 1 heterocycles. The SMILES string of the molecule is CN(CCS(C)(=O)=O)c1ncc(Br)cc1F. The van der Waals surface area contributed by atoms with Gasteiger partial charge in [0.1, 0.15) is 9.84 Å². The topological polar surface area (TPSA) is 50.3 Å². The summed E-state index contributed by atoms with van der Waals surface area (Å²) in [5.74, 6) is -0.363. The van der Waals surface area contributed by atoms with E-state index in [0.717, 1.165) is 6.26 Å². The summed E-state index contributed by atoms with van der Waals surface area (Å²) in [6.45, 7) is 0.213. The van der Waals surface area contributed by atoms with Crippen LogP contribution in [0.1, 0.15) is 0 Å². The molecule has 7 heteroatoms. The molecule has 16 heavy (non-hydrogen) atoms. The number of aromatic nitrogens is 1. The van der Waals surface area contributed by atoms with E-state index in [0.29, 0.717) is 4.47 Å². The van der Waals surface area contributed by atoms with Gasteiger partial charge in [-0.05, 0) is 22.0 Å². The van der Waals surface area contributed by atoms with Gasteiger partial charge in [0, 0.05) is 30.5 Å². The molecule has 0 amide bonds. The number of anilines is 1. The first kappa shape index (κ1) is 13.4. The lowest BCUT2D eigenvalue weighted by molar-refractivity contribution is 0.598. The van der Waals surface area contributed by atoms with E-state index in [1.807, 2.05) is 0 Å². The quantitative estimate of drug-likeness (QED) is 0.845. The molecule has 0 aliphatic heterocycles. The Morgan fingerprint density at radius 1 is 1.56 bits per heavy atom. The number of pyridine rings is 1. The van der Waals surface area contributed by atoms with Gasteiger partial charge in [0.05, 0.1) is 5.75 Å². The zero-order chi connectivity index (χ0) is 12.3. The fraction of sp³-hybridized carbons (Fsp3) is 0.444. The fourth-order valence-corrected chi connectivity index (χ4v) is 2.01. The lowest BCUT2D eigenvalue weighted by atomic mass is 10.4. The van der Waals surface area contributed by atoms with Crippen LogP contribution in [0.2, 0.25) is 0 Å². The van der Waals surface area contributed by atoms with Crippen molar-refractivity contribution in [1.29, 1.82) is 0 Å². The predicted octanol–water partition coefficient (Wildman–Crippen LogP) is 1.46. The highest BCUT2D eigenvalue weighted by molar-refractivity contribution is 9.10. The van der Waals surface area contributed by atoms with Crippen LogP contribution in [0.3, 0.4) is 0 Å².